The predicted molar refractivity (Wildman–Crippen MR) is 133 cm³/mol. The van der Waals surface area contributed by atoms with Crippen LogP contribution in [0.3, 0.4) is 0 Å². The molecule has 0 aliphatic carbocycles. The normalized spacial score (nSPS) is 17.1. The van der Waals surface area contributed by atoms with Crippen LogP contribution in [0.25, 0.3) is 0 Å². The molecule has 2 aliphatic heterocycles. The Hall–Kier alpha value is -2.61. The average Bonchev–Trinajstić information content (AvgIpc) is 3.39. The molecular formula is C24H23Cl2N3O3S. The van der Waals surface area contributed by atoms with Crippen LogP contribution in [0.15, 0.2) is 65.6 Å². The second-order valence-electron chi connectivity index (χ2n) is 8.17. The van der Waals surface area contributed by atoms with Gasteiger partial charge in [0.1, 0.15) is 11.9 Å². The van der Waals surface area contributed by atoms with Crippen molar-refractivity contribution in [1.29, 1.82) is 0 Å². The zero-order valence-electron chi connectivity index (χ0n) is 18.0. The number of nitrogens with one attached hydrogen (secondary N) is 1. The van der Waals surface area contributed by atoms with Gasteiger partial charge in [0.05, 0.1) is 34.1 Å². The van der Waals surface area contributed by atoms with E-state index in [1.165, 1.54) is 6.07 Å². The van der Waals surface area contributed by atoms with Crippen LogP contribution in [0.1, 0.15) is 18.4 Å². The van der Waals surface area contributed by atoms with Gasteiger partial charge in [0, 0.05) is 18.1 Å². The highest BCUT2D eigenvalue weighted by molar-refractivity contribution is 7.92. The fourth-order valence-corrected chi connectivity index (χ4v) is 6.04. The Bertz CT molecular complexity index is 1300. The standard InChI is InChI=1S/C24H23Cl2N3O3S/c1-32-18-7-4-16(5-8-18)15-29-23-14-19(9-11-22(23)28-12-2-3-24(28)29)33(30,31)27-21-13-17(25)6-10-20(21)26/h4-11,13-14,24,27H,2-3,12,15H2,1H3. The zero-order valence-corrected chi connectivity index (χ0v) is 20.3. The van der Waals surface area contributed by atoms with Gasteiger partial charge in [-0.1, -0.05) is 35.3 Å². The molecule has 1 saturated heterocycles. The Morgan fingerprint density at radius 3 is 2.58 bits per heavy atom. The molecule has 3 aromatic carbocycles. The van der Waals surface area contributed by atoms with E-state index >= 15 is 0 Å². The highest BCUT2D eigenvalue weighted by Gasteiger charge is 2.39. The lowest BCUT2D eigenvalue weighted by Crippen LogP contribution is -2.38. The molecule has 1 atom stereocenters. The SMILES string of the molecule is COc1ccc(CN2c3cc(S(=O)(=O)Nc4cc(Cl)ccc4Cl)ccc3N3CCCC32)cc1. The molecule has 3 aromatic rings. The van der Waals surface area contributed by atoms with Crippen molar-refractivity contribution in [1.82, 2.24) is 0 Å². The number of rotatable bonds is 6. The van der Waals surface area contributed by atoms with Gasteiger partial charge in [0.15, 0.2) is 0 Å². The number of hydrogen-bond acceptors (Lipinski definition) is 5. The van der Waals surface area contributed by atoms with Crippen LogP contribution in [0.2, 0.25) is 10.0 Å². The second kappa shape index (κ2) is 8.63. The van der Waals surface area contributed by atoms with Gasteiger partial charge in [-0.25, -0.2) is 8.42 Å². The average molecular weight is 504 g/mol. The summed E-state index contributed by atoms with van der Waals surface area (Å²) in [4.78, 5) is 4.82. The van der Waals surface area contributed by atoms with Crippen molar-refractivity contribution in [3.05, 3.63) is 76.3 Å². The number of benzene rings is 3. The maximum atomic E-state index is 13.2. The van der Waals surface area contributed by atoms with E-state index in [1.54, 1.807) is 31.4 Å². The third kappa shape index (κ3) is 4.21. The van der Waals surface area contributed by atoms with Gasteiger partial charge in [-0.3, -0.25) is 4.72 Å². The molecule has 33 heavy (non-hydrogen) atoms. The largest absolute Gasteiger partial charge is 0.497 e. The number of fused-ring (bicyclic) bond motifs is 3. The Morgan fingerprint density at radius 1 is 1.03 bits per heavy atom. The molecule has 0 saturated carbocycles. The summed E-state index contributed by atoms with van der Waals surface area (Å²) in [7, 11) is -2.21. The fraction of sp³-hybridized carbons (Fsp3) is 0.250. The first-order valence-corrected chi connectivity index (χ1v) is 12.9. The van der Waals surface area contributed by atoms with E-state index in [9.17, 15) is 8.42 Å². The van der Waals surface area contributed by atoms with E-state index in [4.69, 9.17) is 27.9 Å². The summed E-state index contributed by atoms with van der Waals surface area (Å²) in [6.45, 7) is 1.63. The monoisotopic (exact) mass is 503 g/mol. The summed E-state index contributed by atoms with van der Waals surface area (Å²) in [5.41, 5.74) is 3.36. The van der Waals surface area contributed by atoms with Gasteiger partial charge in [-0.05, 0) is 66.9 Å². The molecule has 1 fully saturated rings. The highest BCUT2D eigenvalue weighted by atomic mass is 35.5. The lowest BCUT2D eigenvalue weighted by molar-refractivity contribution is 0.414. The highest BCUT2D eigenvalue weighted by Crippen LogP contribution is 2.45. The van der Waals surface area contributed by atoms with Crippen LogP contribution in [0.5, 0.6) is 5.75 Å². The maximum Gasteiger partial charge on any atom is 0.262 e. The summed E-state index contributed by atoms with van der Waals surface area (Å²) >= 11 is 12.2. The van der Waals surface area contributed by atoms with Gasteiger partial charge >= 0.3 is 0 Å². The number of ether oxygens (including phenoxy) is 1. The van der Waals surface area contributed by atoms with Gasteiger partial charge in [0.25, 0.3) is 10.0 Å². The number of hydrogen-bond donors (Lipinski definition) is 1. The van der Waals surface area contributed by atoms with Crippen LogP contribution >= 0.6 is 23.2 Å². The third-order valence-corrected chi connectivity index (χ3v) is 8.07. The molecule has 1 unspecified atom stereocenters. The molecule has 0 aromatic heterocycles. The number of sulfonamides is 1. The zero-order chi connectivity index (χ0) is 23.2. The molecule has 2 aliphatic rings. The van der Waals surface area contributed by atoms with E-state index < -0.39 is 10.0 Å². The van der Waals surface area contributed by atoms with Gasteiger partial charge in [-0.2, -0.15) is 0 Å². The molecule has 5 rings (SSSR count). The Balaban J connectivity index is 1.48. The second-order valence-corrected chi connectivity index (χ2v) is 10.7. The lowest BCUT2D eigenvalue weighted by Gasteiger charge is -2.27. The van der Waals surface area contributed by atoms with Crippen molar-refractivity contribution >= 4 is 50.3 Å². The van der Waals surface area contributed by atoms with E-state index in [2.05, 4.69) is 14.5 Å². The van der Waals surface area contributed by atoms with Crippen LogP contribution in [0, 0.1) is 0 Å². The number of nitrogens with zero attached hydrogens (tertiary/aromatic N) is 2. The Labute approximate surface area is 203 Å². The van der Waals surface area contributed by atoms with Gasteiger partial charge in [-0.15, -0.1) is 0 Å². The minimum Gasteiger partial charge on any atom is -0.497 e. The van der Waals surface area contributed by atoms with Crippen molar-refractivity contribution < 1.29 is 13.2 Å². The number of methoxy groups -OCH3 is 1. The van der Waals surface area contributed by atoms with Gasteiger partial charge in [0.2, 0.25) is 0 Å². The minimum atomic E-state index is -3.86. The predicted octanol–water partition coefficient (Wildman–Crippen LogP) is 5.75. The molecule has 6 nitrogen and oxygen atoms in total. The van der Waals surface area contributed by atoms with Crippen molar-refractivity contribution in [3.8, 4) is 5.75 Å². The van der Waals surface area contributed by atoms with Crippen LogP contribution in [-0.2, 0) is 16.6 Å². The topological polar surface area (TPSA) is 61.9 Å². The molecule has 0 amide bonds. The summed E-state index contributed by atoms with van der Waals surface area (Å²) < 4.78 is 34.2. The van der Waals surface area contributed by atoms with Gasteiger partial charge < -0.3 is 14.5 Å². The molecule has 172 valence electrons. The van der Waals surface area contributed by atoms with Crippen molar-refractivity contribution in [3.63, 3.8) is 0 Å². The van der Waals surface area contributed by atoms with E-state index in [0.717, 1.165) is 42.1 Å². The third-order valence-electron chi connectivity index (χ3n) is 6.14. The Morgan fingerprint density at radius 2 is 1.82 bits per heavy atom. The van der Waals surface area contributed by atoms with Crippen LogP contribution in [-0.4, -0.2) is 28.2 Å². The first kappa shape index (κ1) is 22.2. The fourth-order valence-electron chi connectivity index (χ4n) is 4.56. The number of anilines is 3. The molecular weight excluding hydrogens is 481 g/mol. The molecule has 9 heteroatoms. The molecule has 0 bridgehead atoms. The van der Waals surface area contributed by atoms with E-state index in [0.29, 0.717) is 11.6 Å². The molecule has 0 radical (unpaired) electrons. The van der Waals surface area contributed by atoms with Crippen molar-refractivity contribution in [2.75, 3.05) is 28.2 Å². The van der Waals surface area contributed by atoms with E-state index in [-0.39, 0.29) is 21.8 Å². The Kier molecular flexibility index (Phi) is 5.80. The minimum absolute atomic E-state index is 0.179. The quantitative estimate of drug-likeness (QED) is 0.463. The first-order valence-electron chi connectivity index (χ1n) is 10.6. The summed E-state index contributed by atoms with van der Waals surface area (Å²) in [6.07, 6.45) is 2.36. The molecule has 1 N–H and O–H groups in total. The smallest absolute Gasteiger partial charge is 0.262 e. The summed E-state index contributed by atoms with van der Waals surface area (Å²) in [6, 6.07) is 17.9. The van der Waals surface area contributed by atoms with E-state index in [1.807, 2.05) is 30.3 Å². The number of halogens is 2. The maximum absolute atomic E-state index is 13.2. The first-order chi connectivity index (χ1) is 15.9. The molecule has 2 heterocycles. The van der Waals surface area contributed by atoms with Crippen LogP contribution in [0.4, 0.5) is 17.1 Å². The van der Waals surface area contributed by atoms with Crippen molar-refractivity contribution in [2.24, 2.45) is 0 Å². The summed E-state index contributed by atoms with van der Waals surface area (Å²) in [5, 5.41) is 0.684. The molecule has 0 spiro atoms. The van der Waals surface area contributed by atoms with Crippen LogP contribution < -0.4 is 19.3 Å². The summed E-state index contributed by atoms with van der Waals surface area (Å²) in [5.74, 6) is 0.808. The van der Waals surface area contributed by atoms with Crippen molar-refractivity contribution in [2.45, 2.75) is 30.4 Å². The lowest BCUT2D eigenvalue weighted by atomic mass is 10.1.